The predicted octanol–water partition coefficient (Wildman–Crippen LogP) is 2.83. The van der Waals surface area contributed by atoms with Gasteiger partial charge in [0.05, 0.1) is 12.0 Å². The molecule has 0 aliphatic carbocycles. The van der Waals surface area contributed by atoms with Crippen molar-refractivity contribution in [2.24, 2.45) is 0 Å². The van der Waals surface area contributed by atoms with Crippen molar-refractivity contribution in [3.8, 4) is 5.75 Å². The van der Waals surface area contributed by atoms with Crippen LogP contribution in [0.2, 0.25) is 0 Å². The third-order valence-electron chi connectivity index (χ3n) is 3.43. The number of fused-ring (bicyclic) bond motifs is 1. The number of esters is 1. The Morgan fingerprint density at radius 3 is 2.60 bits per heavy atom. The minimum absolute atomic E-state index is 0.160. The number of ether oxygens (including phenoxy) is 1. The van der Waals surface area contributed by atoms with Gasteiger partial charge < -0.3 is 9.84 Å². The number of hydrogen-bond acceptors (Lipinski definition) is 3. The van der Waals surface area contributed by atoms with E-state index in [1.165, 1.54) is 6.07 Å². The van der Waals surface area contributed by atoms with Gasteiger partial charge in [0.15, 0.2) is 0 Å². The van der Waals surface area contributed by atoms with Gasteiger partial charge in [0.2, 0.25) is 0 Å². The van der Waals surface area contributed by atoms with Crippen molar-refractivity contribution in [1.82, 2.24) is 0 Å². The second kappa shape index (κ2) is 4.81. The molecule has 1 aliphatic heterocycles. The standard InChI is InChI=1S/C16H12O4/c17-15-9-12(10-4-2-1-3-5-10)13-8-11(16(18)19)6-7-14(13)20-15/h1-8,12H,9H2,(H,18,19). The SMILES string of the molecule is O=C1CC(c2ccccc2)c2cc(C(=O)O)ccc2O1. The number of rotatable bonds is 2. The van der Waals surface area contributed by atoms with Crippen LogP contribution in [0.1, 0.15) is 33.8 Å². The molecule has 3 rings (SSSR count). The Kier molecular flexibility index (Phi) is 2.99. The van der Waals surface area contributed by atoms with E-state index in [1.807, 2.05) is 30.3 Å². The maximum Gasteiger partial charge on any atom is 0.335 e. The summed E-state index contributed by atoms with van der Waals surface area (Å²) in [5.41, 5.74) is 1.92. The Morgan fingerprint density at radius 1 is 1.15 bits per heavy atom. The molecule has 0 saturated heterocycles. The van der Waals surface area contributed by atoms with Crippen molar-refractivity contribution in [1.29, 1.82) is 0 Å². The van der Waals surface area contributed by atoms with Gasteiger partial charge in [-0.15, -0.1) is 0 Å². The van der Waals surface area contributed by atoms with E-state index in [-0.39, 0.29) is 23.9 Å². The van der Waals surface area contributed by atoms with Gasteiger partial charge in [-0.05, 0) is 23.8 Å². The summed E-state index contributed by atoms with van der Waals surface area (Å²) in [5.74, 6) is -1.00. The van der Waals surface area contributed by atoms with Crippen molar-refractivity contribution in [2.75, 3.05) is 0 Å². The van der Waals surface area contributed by atoms with E-state index in [0.29, 0.717) is 5.75 Å². The molecule has 4 heteroatoms. The van der Waals surface area contributed by atoms with Crippen LogP contribution in [0.4, 0.5) is 0 Å². The van der Waals surface area contributed by atoms with E-state index < -0.39 is 5.97 Å². The second-order valence-corrected chi connectivity index (χ2v) is 4.70. The van der Waals surface area contributed by atoms with Gasteiger partial charge >= 0.3 is 11.9 Å². The monoisotopic (exact) mass is 268 g/mol. The Labute approximate surface area is 115 Å². The van der Waals surface area contributed by atoms with Crippen molar-refractivity contribution in [3.05, 3.63) is 65.2 Å². The summed E-state index contributed by atoms with van der Waals surface area (Å²) in [6.07, 6.45) is 0.222. The van der Waals surface area contributed by atoms with Gasteiger partial charge in [0.1, 0.15) is 5.75 Å². The first-order valence-electron chi connectivity index (χ1n) is 6.28. The van der Waals surface area contributed by atoms with E-state index in [2.05, 4.69) is 0 Å². The van der Waals surface area contributed by atoms with Crippen LogP contribution in [0.3, 0.4) is 0 Å². The fraction of sp³-hybridized carbons (Fsp3) is 0.125. The molecule has 2 aromatic carbocycles. The van der Waals surface area contributed by atoms with Gasteiger partial charge in [-0.3, -0.25) is 4.79 Å². The van der Waals surface area contributed by atoms with E-state index in [1.54, 1.807) is 12.1 Å². The van der Waals surface area contributed by atoms with E-state index in [9.17, 15) is 9.59 Å². The number of carboxylic acids is 1. The number of carbonyl (C=O) groups excluding carboxylic acids is 1. The van der Waals surface area contributed by atoms with Crippen molar-refractivity contribution in [3.63, 3.8) is 0 Å². The van der Waals surface area contributed by atoms with Gasteiger partial charge in [-0.2, -0.15) is 0 Å². The molecule has 100 valence electrons. The molecular formula is C16H12O4. The summed E-state index contributed by atoms with van der Waals surface area (Å²) in [7, 11) is 0. The lowest BCUT2D eigenvalue weighted by atomic mass is 9.85. The quantitative estimate of drug-likeness (QED) is 0.672. The number of benzene rings is 2. The van der Waals surface area contributed by atoms with Crippen LogP contribution >= 0.6 is 0 Å². The molecule has 20 heavy (non-hydrogen) atoms. The molecule has 1 N–H and O–H groups in total. The first kappa shape index (κ1) is 12.4. The molecule has 0 saturated carbocycles. The van der Waals surface area contributed by atoms with E-state index in [4.69, 9.17) is 9.84 Å². The second-order valence-electron chi connectivity index (χ2n) is 4.70. The van der Waals surface area contributed by atoms with Crippen LogP contribution in [0, 0.1) is 0 Å². The zero-order valence-corrected chi connectivity index (χ0v) is 10.6. The average molecular weight is 268 g/mol. The number of carbonyl (C=O) groups is 2. The molecule has 0 amide bonds. The minimum atomic E-state index is -0.989. The lowest BCUT2D eigenvalue weighted by molar-refractivity contribution is -0.135. The molecule has 0 fully saturated rings. The number of carboxylic acid groups (broad SMARTS) is 1. The molecular weight excluding hydrogens is 256 g/mol. The molecule has 1 atom stereocenters. The summed E-state index contributed by atoms with van der Waals surface area (Å²) >= 11 is 0. The zero-order valence-electron chi connectivity index (χ0n) is 10.6. The summed E-state index contributed by atoms with van der Waals surface area (Å²) in [6, 6.07) is 14.1. The van der Waals surface area contributed by atoms with Crippen molar-refractivity contribution >= 4 is 11.9 Å². The Hall–Kier alpha value is -2.62. The highest BCUT2D eigenvalue weighted by Gasteiger charge is 2.29. The van der Waals surface area contributed by atoms with Crippen LogP contribution in [-0.2, 0) is 4.79 Å². The topological polar surface area (TPSA) is 63.6 Å². The van der Waals surface area contributed by atoms with Crippen LogP contribution in [-0.4, -0.2) is 17.0 Å². The molecule has 0 spiro atoms. The summed E-state index contributed by atoms with van der Waals surface area (Å²) in [5, 5.41) is 9.09. The fourth-order valence-electron chi connectivity index (χ4n) is 2.47. The molecule has 4 nitrogen and oxygen atoms in total. The number of aromatic carboxylic acids is 1. The predicted molar refractivity (Wildman–Crippen MR) is 71.9 cm³/mol. The lowest BCUT2D eigenvalue weighted by Crippen LogP contribution is -2.21. The molecule has 1 heterocycles. The summed E-state index contributed by atoms with van der Waals surface area (Å²) in [4.78, 5) is 22.8. The van der Waals surface area contributed by atoms with Gasteiger partial charge in [0.25, 0.3) is 0 Å². The van der Waals surface area contributed by atoms with E-state index >= 15 is 0 Å². The van der Waals surface area contributed by atoms with Gasteiger partial charge in [-0.25, -0.2) is 4.79 Å². The lowest BCUT2D eigenvalue weighted by Gasteiger charge is -2.25. The molecule has 0 radical (unpaired) electrons. The first-order chi connectivity index (χ1) is 9.65. The largest absolute Gasteiger partial charge is 0.478 e. The Bertz CT molecular complexity index is 676. The first-order valence-corrected chi connectivity index (χ1v) is 6.28. The van der Waals surface area contributed by atoms with Gasteiger partial charge in [-0.1, -0.05) is 30.3 Å². The van der Waals surface area contributed by atoms with Crippen LogP contribution in [0.25, 0.3) is 0 Å². The smallest absolute Gasteiger partial charge is 0.335 e. The zero-order chi connectivity index (χ0) is 14.1. The highest BCUT2D eigenvalue weighted by Crippen LogP contribution is 2.39. The van der Waals surface area contributed by atoms with Crippen molar-refractivity contribution in [2.45, 2.75) is 12.3 Å². The third-order valence-corrected chi connectivity index (χ3v) is 3.43. The van der Waals surface area contributed by atoms with Crippen LogP contribution < -0.4 is 4.74 Å². The molecule has 2 aromatic rings. The summed E-state index contributed by atoms with van der Waals surface area (Å²) in [6.45, 7) is 0. The maximum atomic E-state index is 11.7. The minimum Gasteiger partial charge on any atom is -0.478 e. The molecule has 1 aliphatic rings. The molecule has 0 aromatic heterocycles. The fourth-order valence-corrected chi connectivity index (χ4v) is 2.47. The number of hydrogen-bond donors (Lipinski definition) is 1. The molecule has 1 unspecified atom stereocenters. The highest BCUT2D eigenvalue weighted by atomic mass is 16.5. The highest BCUT2D eigenvalue weighted by molar-refractivity contribution is 5.89. The Morgan fingerprint density at radius 2 is 1.90 bits per heavy atom. The van der Waals surface area contributed by atoms with Crippen molar-refractivity contribution < 1.29 is 19.4 Å². The van der Waals surface area contributed by atoms with Crippen LogP contribution in [0.15, 0.2) is 48.5 Å². The average Bonchev–Trinajstić information content (AvgIpc) is 2.46. The Balaban J connectivity index is 2.12. The van der Waals surface area contributed by atoms with Crippen LogP contribution in [0.5, 0.6) is 5.75 Å². The van der Waals surface area contributed by atoms with E-state index in [0.717, 1.165) is 11.1 Å². The summed E-state index contributed by atoms with van der Waals surface area (Å²) < 4.78 is 5.19. The maximum absolute atomic E-state index is 11.7. The third kappa shape index (κ3) is 2.16. The normalized spacial score (nSPS) is 17.2. The molecule has 0 bridgehead atoms. The van der Waals surface area contributed by atoms with Gasteiger partial charge in [0, 0.05) is 11.5 Å².